The molecule has 0 aliphatic carbocycles. The molecule has 2 N–H and O–H groups in total. The lowest BCUT2D eigenvalue weighted by Gasteiger charge is -2.09. The maximum absolute atomic E-state index is 12.6. The number of rotatable bonds is 5. The van der Waals surface area contributed by atoms with Crippen molar-refractivity contribution in [3.05, 3.63) is 94.3 Å². The summed E-state index contributed by atoms with van der Waals surface area (Å²) in [6.45, 7) is 0.978. The molecule has 7 heteroatoms. The minimum atomic E-state index is -0.298. The van der Waals surface area contributed by atoms with Gasteiger partial charge in [-0.1, -0.05) is 42.5 Å². The van der Waals surface area contributed by atoms with Gasteiger partial charge in [0.2, 0.25) is 5.56 Å². The number of H-pyrrole nitrogens is 1. The van der Waals surface area contributed by atoms with Crippen LogP contribution in [0.15, 0.2) is 72.0 Å². The van der Waals surface area contributed by atoms with E-state index in [4.69, 9.17) is 0 Å². The van der Waals surface area contributed by atoms with Crippen molar-refractivity contribution in [2.24, 2.45) is 0 Å². The summed E-state index contributed by atoms with van der Waals surface area (Å²) >= 11 is 0. The Morgan fingerprint density at radius 3 is 2.78 bits per heavy atom. The quantitative estimate of drug-likeness (QED) is 0.571. The average molecular weight is 359 g/mol. The molecule has 0 aliphatic heterocycles. The summed E-state index contributed by atoms with van der Waals surface area (Å²) in [5.41, 5.74) is 2.75. The highest BCUT2D eigenvalue weighted by Gasteiger charge is 2.11. The van der Waals surface area contributed by atoms with E-state index in [0.29, 0.717) is 24.2 Å². The molecule has 0 bridgehead atoms. The molecule has 4 rings (SSSR count). The van der Waals surface area contributed by atoms with E-state index in [1.54, 1.807) is 17.1 Å². The monoisotopic (exact) mass is 359 g/mol. The number of aromatic nitrogens is 4. The maximum atomic E-state index is 12.6. The van der Waals surface area contributed by atoms with E-state index < -0.39 is 0 Å². The van der Waals surface area contributed by atoms with Crippen LogP contribution in [0.2, 0.25) is 0 Å². The number of pyridine rings is 1. The summed E-state index contributed by atoms with van der Waals surface area (Å²) in [7, 11) is 0. The molecule has 1 amide bonds. The van der Waals surface area contributed by atoms with Crippen LogP contribution in [0.1, 0.15) is 21.5 Å². The SMILES string of the molecule is O=C(NCc1cccc(Cn2cncn2)c1)c1cc(=O)[nH]c2ccccc12. The van der Waals surface area contributed by atoms with Gasteiger partial charge in [-0.15, -0.1) is 0 Å². The molecule has 0 atom stereocenters. The van der Waals surface area contributed by atoms with Crippen LogP contribution in [0, 0.1) is 0 Å². The molecule has 4 aromatic rings. The third kappa shape index (κ3) is 3.77. The third-order valence-corrected chi connectivity index (χ3v) is 4.25. The number of fused-ring (bicyclic) bond motifs is 1. The Morgan fingerprint density at radius 2 is 1.93 bits per heavy atom. The van der Waals surface area contributed by atoms with Crippen molar-refractivity contribution in [2.45, 2.75) is 13.1 Å². The summed E-state index contributed by atoms with van der Waals surface area (Å²) in [5, 5.41) is 7.71. The van der Waals surface area contributed by atoms with Crippen molar-refractivity contribution in [2.75, 3.05) is 0 Å². The number of nitrogens with one attached hydrogen (secondary N) is 2. The molecule has 134 valence electrons. The van der Waals surface area contributed by atoms with Gasteiger partial charge in [0.1, 0.15) is 12.7 Å². The molecule has 7 nitrogen and oxygen atoms in total. The second-order valence-corrected chi connectivity index (χ2v) is 6.19. The Bertz CT molecular complexity index is 1150. The smallest absolute Gasteiger partial charge is 0.252 e. The standard InChI is InChI=1S/C20H17N5O2/c26-19-9-17(16-6-1-2-7-18(16)24-19)20(27)22-10-14-4-3-5-15(8-14)11-25-13-21-12-23-25/h1-9,12-13H,10-11H2,(H,22,27)(H,24,26). The van der Waals surface area contributed by atoms with Gasteiger partial charge in [-0.2, -0.15) is 5.10 Å². The molecule has 0 unspecified atom stereocenters. The van der Waals surface area contributed by atoms with E-state index in [1.807, 2.05) is 42.5 Å². The van der Waals surface area contributed by atoms with E-state index in [1.165, 1.54) is 12.4 Å². The van der Waals surface area contributed by atoms with Crippen LogP contribution in [0.3, 0.4) is 0 Å². The van der Waals surface area contributed by atoms with Crippen LogP contribution < -0.4 is 10.9 Å². The highest BCUT2D eigenvalue weighted by atomic mass is 16.2. The molecule has 0 saturated heterocycles. The van der Waals surface area contributed by atoms with Gasteiger partial charge >= 0.3 is 0 Å². The molecule has 2 aromatic heterocycles. The predicted octanol–water partition coefficient (Wildman–Crippen LogP) is 2.10. The number of carbonyl (C=O) groups is 1. The van der Waals surface area contributed by atoms with Gasteiger partial charge in [-0.25, -0.2) is 9.67 Å². The molecular formula is C20H17N5O2. The van der Waals surface area contributed by atoms with Gasteiger partial charge in [0, 0.05) is 23.5 Å². The maximum Gasteiger partial charge on any atom is 0.252 e. The first-order chi connectivity index (χ1) is 13.2. The second-order valence-electron chi connectivity index (χ2n) is 6.19. The van der Waals surface area contributed by atoms with Crippen LogP contribution >= 0.6 is 0 Å². The van der Waals surface area contributed by atoms with Crippen molar-refractivity contribution in [1.82, 2.24) is 25.1 Å². The Kier molecular flexibility index (Phi) is 4.49. The predicted molar refractivity (Wildman–Crippen MR) is 101 cm³/mol. The van der Waals surface area contributed by atoms with Gasteiger partial charge in [-0.05, 0) is 17.2 Å². The molecule has 0 fully saturated rings. The van der Waals surface area contributed by atoms with Gasteiger partial charge < -0.3 is 10.3 Å². The zero-order chi connectivity index (χ0) is 18.6. The summed E-state index contributed by atoms with van der Waals surface area (Å²) in [6.07, 6.45) is 3.16. The fraction of sp³-hybridized carbons (Fsp3) is 0.100. The number of benzene rings is 2. The lowest BCUT2D eigenvalue weighted by Crippen LogP contribution is -2.24. The minimum absolute atomic E-state index is 0.279. The summed E-state index contributed by atoms with van der Waals surface area (Å²) in [6, 6.07) is 16.5. The molecule has 0 saturated carbocycles. The lowest BCUT2D eigenvalue weighted by atomic mass is 10.1. The number of amides is 1. The van der Waals surface area contributed by atoms with Crippen molar-refractivity contribution >= 4 is 16.8 Å². The zero-order valence-electron chi connectivity index (χ0n) is 14.4. The second kappa shape index (κ2) is 7.25. The summed E-state index contributed by atoms with van der Waals surface area (Å²) in [4.78, 5) is 31.1. The number of aromatic amines is 1. The van der Waals surface area contributed by atoms with Gasteiger partial charge in [0.05, 0.1) is 12.1 Å². The minimum Gasteiger partial charge on any atom is -0.348 e. The molecule has 2 aromatic carbocycles. The van der Waals surface area contributed by atoms with E-state index >= 15 is 0 Å². The van der Waals surface area contributed by atoms with E-state index in [0.717, 1.165) is 16.5 Å². The topological polar surface area (TPSA) is 92.7 Å². The third-order valence-electron chi connectivity index (χ3n) is 4.25. The number of hydrogen-bond acceptors (Lipinski definition) is 4. The van der Waals surface area contributed by atoms with Crippen LogP contribution in [0.5, 0.6) is 0 Å². The molecule has 27 heavy (non-hydrogen) atoms. The number of para-hydroxylation sites is 1. The molecule has 0 radical (unpaired) electrons. The van der Waals surface area contributed by atoms with Crippen molar-refractivity contribution in [3.8, 4) is 0 Å². The molecule has 2 heterocycles. The van der Waals surface area contributed by atoms with Gasteiger partial charge in [0.15, 0.2) is 0 Å². The van der Waals surface area contributed by atoms with Crippen LogP contribution in [0.4, 0.5) is 0 Å². The fourth-order valence-electron chi connectivity index (χ4n) is 3.01. The normalized spacial score (nSPS) is 10.8. The Morgan fingerprint density at radius 1 is 1.07 bits per heavy atom. The van der Waals surface area contributed by atoms with Crippen LogP contribution in [-0.2, 0) is 13.1 Å². The first kappa shape index (κ1) is 16.7. The van der Waals surface area contributed by atoms with Crippen molar-refractivity contribution < 1.29 is 4.79 Å². The number of hydrogen-bond donors (Lipinski definition) is 2. The van der Waals surface area contributed by atoms with E-state index in [2.05, 4.69) is 20.4 Å². The Balaban J connectivity index is 1.51. The summed E-state index contributed by atoms with van der Waals surface area (Å²) < 4.78 is 1.74. The van der Waals surface area contributed by atoms with E-state index in [-0.39, 0.29) is 11.5 Å². The first-order valence-electron chi connectivity index (χ1n) is 8.49. The number of nitrogens with zero attached hydrogens (tertiary/aromatic N) is 3. The average Bonchev–Trinajstić information content (AvgIpc) is 3.18. The first-order valence-corrected chi connectivity index (χ1v) is 8.49. The summed E-state index contributed by atoms with van der Waals surface area (Å²) in [5.74, 6) is -0.279. The molecule has 0 spiro atoms. The fourth-order valence-corrected chi connectivity index (χ4v) is 3.01. The van der Waals surface area contributed by atoms with Crippen LogP contribution in [-0.4, -0.2) is 25.7 Å². The van der Waals surface area contributed by atoms with Crippen LogP contribution in [0.25, 0.3) is 10.9 Å². The van der Waals surface area contributed by atoms with Gasteiger partial charge in [0.25, 0.3) is 5.91 Å². The van der Waals surface area contributed by atoms with Crippen molar-refractivity contribution in [3.63, 3.8) is 0 Å². The number of carbonyl (C=O) groups excluding carboxylic acids is 1. The Labute approximate surface area is 154 Å². The molecular weight excluding hydrogens is 342 g/mol. The van der Waals surface area contributed by atoms with Crippen molar-refractivity contribution in [1.29, 1.82) is 0 Å². The largest absolute Gasteiger partial charge is 0.348 e. The highest BCUT2D eigenvalue weighted by molar-refractivity contribution is 6.05. The zero-order valence-corrected chi connectivity index (χ0v) is 14.4. The Hall–Kier alpha value is -3.74. The highest BCUT2D eigenvalue weighted by Crippen LogP contribution is 2.14. The molecule has 0 aliphatic rings. The van der Waals surface area contributed by atoms with Gasteiger partial charge in [-0.3, -0.25) is 9.59 Å². The lowest BCUT2D eigenvalue weighted by molar-refractivity contribution is 0.0952. The van der Waals surface area contributed by atoms with E-state index in [9.17, 15) is 9.59 Å².